The molecule has 2 heterocycles. The fraction of sp³-hybridized carbons (Fsp3) is 0.250. The zero-order valence-corrected chi connectivity index (χ0v) is 20.0. The van der Waals surface area contributed by atoms with Crippen LogP contribution in [-0.2, 0) is 4.79 Å². The summed E-state index contributed by atoms with van der Waals surface area (Å²) in [7, 11) is 0. The van der Waals surface area contributed by atoms with E-state index in [0.29, 0.717) is 11.8 Å². The van der Waals surface area contributed by atoms with Gasteiger partial charge < -0.3 is 14.5 Å². The molecule has 7 heteroatoms. The summed E-state index contributed by atoms with van der Waals surface area (Å²) in [6.45, 7) is 7.12. The quantitative estimate of drug-likeness (QED) is 0.425. The maximum atomic E-state index is 12.5. The lowest BCUT2D eigenvalue weighted by Gasteiger charge is -2.15. The number of hydrogen-bond donors (Lipinski definition) is 1. The Morgan fingerprint density at radius 2 is 2.13 bits per heavy atom. The van der Waals surface area contributed by atoms with E-state index in [4.69, 9.17) is 9.15 Å². The first-order chi connectivity index (χ1) is 15.0. The Morgan fingerprint density at radius 3 is 2.81 bits per heavy atom. The minimum atomic E-state index is -0.189. The summed E-state index contributed by atoms with van der Waals surface area (Å²) in [4.78, 5) is 16.8. The highest BCUT2D eigenvalue weighted by Gasteiger charge is 2.19. The molecule has 1 aromatic heterocycles. The van der Waals surface area contributed by atoms with Crippen molar-refractivity contribution in [2.75, 3.05) is 18.9 Å². The molecule has 1 N–H and O–H groups in total. The molecule has 160 valence electrons. The van der Waals surface area contributed by atoms with E-state index in [2.05, 4.69) is 44.4 Å². The average Bonchev–Trinajstić information content (AvgIpc) is 3.40. The first kappa shape index (κ1) is 21.7. The SMILES string of the molecule is CCOc1c(/C(C)=C/C(=O)NC2=NCCS2)cc2c(-c3ccc(Br)cc3)coc2c1C. The number of nitrogens with one attached hydrogen (secondary N) is 1. The summed E-state index contributed by atoms with van der Waals surface area (Å²) in [6, 6.07) is 10.2. The number of furan rings is 1. The number of fused-ring (bicyclic) bond motifs is 1. The molecule has 1 aliphatic heterocycles. The molecule has 3 aromatic rings. The van der Waals surface area contributed by atoms with Crippen LogP contribution >= 0.6 is 27.7 Å². The lowest BCUT2D eigenvalue weighted by atomic mass is 9.96. The number of aliphatic imine (C=N–C) groups is 1. The van der Waals surface area contributed by atoms with Crippen molar-refractivity contribution in [3.05, 3.63) is 58.3 Å². The largest absolute Gasteiger partial charge is 0.493 e. The number of amides is 1. The third-order valence-corrected chi connectivity index (χ3v) is 6.50. The minimum Gasteiger partial charge on any atom is -0.493 e. The van der Waals surface area contributed by atoms with Crippen molar-refractivity contribution in [2.45, 2.75) is 20.8 Å². The monoisotopic (exact) mass is 498 g/mol. The van der Waals surface area contributed by atoms with Gasteiger partial charge in [-0.05, 0) is 50.1 Å². The van der Waals surface area contributed by atoms with Crippen molar-refractivity contribution in [1.82, 2.24) is 5.32 Å². The van der Waals surface area contributed by atoms with E-state index >= 15 is 0 Å². The number of aryl methyl sites for hydroxylation is 1. The number of amidine groups is 1. The summed E-state index contributed by atoms with van der Waals surface area (Å²) in [5, 5.41) is 4.52. The molecule has 0 saturated heterocycles. The molecule has 1 aliphatic rings. The number of rotatable bonds is 5. The maximum Gasteiger partial charge on any atom is 0.250 e. The molecule has 4 rings (SSSR count). The Kier molecular flexibility index (Phi) is 6.53. The zero-order chi connectivity index (χ0) is 22.0. The fourth-order valence-corrected chi connectivity index (χ4v) is 4.61. The van der Waals surface area contributed by atoms with Gasteiger partial charge >= 0.3 is 0 Å². The molecule has 0 fully saturated rings. The molecule has 0 atom stereocenters. The van der Waals surface area contributed by atoms with Gasteiger partial charge in [0.15, 0.2) is 5.17 Å². The molecule has 0 unspecified atom stereocenters. The molecule has 5 nitrogen and oxygen atoms in total. The molecule has 0 aliphatic carbocycles. The van der Waals surface area contributed by atoms with Crippen LogP contribution in [0.3, 0.4) is 0 Å². The Balaban J connectivity index is 1.79. The van der Waals surface area contributed by atoms with Gasteiger partial charge in [-0.15, -0.1) is 0 Å². The molecule has 0 saturated carbocycles. The van der Waals surface area contributed by atoms with Gasteiger partial charge in [-0.2, -0.15) is 0 Å². The maximum absolute atomic E-state index is 12.5. The van der Waals surface area contributed by atoms with Crippen LogP contribution in [0, 0.1) is 6.92 Å². The highest BCUT2D eigenvalue weighted by Crippen LogP contribution is 2.40. The first-order valence-electron chi connectivity index (χ1n) is 10.1. The average molecular weight is 499 g/mol. The van der Waals surface area contributed by atoms with Crippen molar-refractivity contribution in [3.63, 3.8) is 0 Å². The zero-order valence-electron chi connectivity index (χ0n) is 17.6. The Labute approximate surface area is 194 Å². The number of carbonyl (C=O) groups is 1. The van der Waals surface area contributed by atoms with Gasteiger partial charge in [-0.1, -0.05) is 39.8 Å². The van der Waals surface area contributed by atoms with Gasteiger partial charge in [-0.3, -0.25) is 9.79 Å². The number of allylic oxidation sites excluding steroid dienone is 1. The van der Waals surface area contributed by atoms with Crippen LogP contribution in [0.5, 0.6) is 5.75 Å². The van der Waals surface area contributed by atoms with Crippen LogP contribution < -0.4 is 10.1 Å². The summed E-state index contributed by atoms with van der Waals surface area (Å²) in [5.41, 5.74) is 5.47. The first-order valence-corrected chi connectivity index (χ1v) is 11.9. The minimum absolute atomic E-state index is 0.189. The molecule has 0 bridgehead atoms. The van der Waals surface area contributed by atoms with E-state index in [1.807, 2.05) is 32.9 Å². The van der Waals surface area contributed by atoms with Gasteiger partial charge in [0.05, 0.1) is 19.4 Å². The number of halogens is 1. The van der Waals surface area contributed by atoms with Crippen molar-refractivity contribution in [2.24, 2.45) is 4.99 Å². The van der Waals surface area contributed by atoms with E-state index in [1.165, 1.54) is 0 Å². The standard InChI is InChI=1S/C24H23BrN2O3S/c1-4-29-22-15(3)23-19(20(13-30-23)16-5-7-17(25)8-6-16)12-18(22)14(2)11-21(28)27-24-26-9-10-31-24/h5-8,11-13H,4,9-10H2,1-3H3,(H,26,27,28)/b14-11+. The molecule has 1 amide bonds. The van der Waals surface area contributed by atoms with E-state index in [-0.39, 0.29) is 5.91 Å². The van der Waals surface area contributed by atoms with Crippen LogP contribution in [0.1, 0.15) is 25.0 Å². The van der Waals surface area contributed by atoms with Crippen LogP contribution in [0.4, 0.5) is 0 Å². The summed E-state index contributed by atoms with van der Waals surface area (Å²) in [6.07, 6.45) is 3.38. The van der Waals surface area contributed by atoms with Crippen LogP contribution in [-0.4, -0.2) is 30.0 Å². The second kappa shape index (κ2) is 9.32. The van der Waals surface area contributed by atoms with Gasteiger partial charge in [0, 0.05) is 38.4 Å². The predicted molar refractivity (Wildman–Crippen MR) is 132 cm³/mol. The fourth-order valence-electron chi connectivity index (χ4n) is 3.62. The van der Waals surface area contributed by atoms with Gasteiger partial charge in [0.1, 0.15) is 11.3 Å². The predicted octanol–water partition coefficient (Wildman–Crippen LogP) is 6.19. The van der Waals surface area contributed by atoms with Crippen molar-refractivity contribution in [3.8, 4) is 16.9 Å². The summed E-state index contributed by atoms with van der Waals surface area (Å²) >= 11 is 5.05. The highest BCUT2D eigenvalue weighted by atomic mass is 79.9. The highest BCUT2D eigenvalue weighted by molar-refractivity contribution is 9.10. The molecule has 31 heavy (non-hydrogen) atoms. The van der Waals surface area contributed by atoms with Gasteiger partial charge in [0.25, 0.3) is 0 Å². The number of nitrogens with zero attached hydrogens (tertiary/aromatic N) is 1. The topological polar surface area (TPSA) is 63.8 Å². The number of benzene rings is 2. The smallest absolute Gasteiger partial charge is 0.250 e. The van der Waals surface area contributed by atoms with E-state index in [1.54, 1.807) is 24.1 Å². The van der Waals surface area contributed by atoms with E-state index < -0.39 is 0 Å². The van der Waals surface area contributed by atoms with Crippen LogP contribution in [0.2, 0.25) is 0 Å². The summed E-state index contributed by atoms with van der Waals surface area (Å²) in [5.74, 6) is 1.45. The van der Waals surface area contributed by atoms with Crippen LogP contribution in [0.25, 0.3) is 27.7 Å². The molecule has 0 radical (unpaired) electrons. The second-order valence-electron chi connectivity index (χ2n) is 7.20. The van der Waals surface area contributed by atoms with Crippen LogP contribution in [0.15, 0.2) is 56.6 Å². The number of hydrogen-bond acceptors (Lipinski definition) is 5. The summed E-state index contributed by atoms with van der Waals surface area (Å²) < 4.78 is 12.9. The third-order valence-electron chi connectivity index (χ3n) is 5.08. The Morgan fingerprint density at radius 1 is 1.35 bits per heavy atom. The molecular formula is C24H23BrN2O3S. The second-order valence-corrected chi connectivity index (χ2v) is 9.20. The normalized spacial score (nSPS) is 14.1. The number of carbonyl (C=O) groups excluding carboxylic acids is 1. The molecular weight excluding hydrogens is 476 g/mol. The van der Waals surface area contributed by atoms with Crippen molar-refractivity contribution in [1.29, 1.82) is 0 Å². The third kappa shape index (κ3) is 4.57. The molecule has 0 spiro atoms. The Bertz CT molecular complexity index is 1200. The van der Waals surface area contributed by atoms with Crippen molar-refractivity contribution >= 4 is 55.3 Å². The Hall–Kier alpha value is -2.51. The van der Waals surface area contributed by atoms with Crippen molar-refractivity contribution < 1.29 is 13.9 Å². The van der Waals surface area contributed by atoms with Gasteiger partial charge in [0.2, 0.25) is 5.91 Å². The molecule has 2 aromatic carbocycles. The van der Waals surface area contributed by atoms with E-state index in [9.17, 15) is 4.79 Å². The van der Waals surface area contributed by atoms with E-state index in [0.717, 1.165) is 61.3 Å². The lowest BCUT2D eigenvalue weighted by Crippen LogP contribution is -2.25. The number of thioether (sulfide) groups is 1. The lowest BCUT2D eigenvalue weighted by molar-refractivity contribution is -0.115. The van der Waals surface area contributed by atoms with Gasteiger partial charge in [-0.25, -0.2) is 0 Å². The number of ether oxygens (including phenoxy) is 1.